The third-order valence-corrected chi connectivity index (χ3v) is 9.50. The number of alkyl carbamates (subject to hydrolysis) is 1. The number of carboxylic acids is 1. The maximum absolute atomic E-state index is 12.6. The van der Waals surface area contributed by atoms with Crippen molar-refractivity contribution in [1.29, 1.82) is 0 Å². The van der Waals surface area contributed by atoms with Crippen LogP contribution in [0.4, 0.5) is 15.3 Å². The molecule has 2 heterocycles. The molecule has 1 saturated heterocycles. The Kier molecular flexibility index (Phi) is 14.0. The third-order valence-electron chi connectivity index (χ3n) is 8.47. The number of nitrogens with zero attached hydrogens (tertiary/aromatic N) is 2. The topological polar surface area (TPSA) is 125 Å². The van der Waals surface area contributed by atoms with Crippen LogP contribution in [-0.2, 0) is 14.3 Å². The summed E-state index contributed by atoms with van der Waals surface area (Å²) in [4.78, 5) is 52.8. The summed E-state index contributed by atoms with van der Waals surface area (Å²) < 4.78 is 11.1. The van der Waals surface area contributed by atoms with Crippen molar-refractivity contribution >= 4 is 41.6 Å². The molecule has 0 spiro atoms. The van der Waals surface area contributed by atoms with E-state index >= 15 is 0 Å². The number of hydrogen-bond donors (Lipinski definition) is 2. The van der Waals surface area contributed by atoms with Crippen molar-refractivity contribution in [2.45, 2.75) is 143 Å². The Morgan fingerprint density at radius 2 is 1.66 bits per heavy atom. The van der Waals surface area contributed by atoms with E-state index in [0.717, 1.165) is 17.3 Å². The molecule has 47 heavy (non-hydrogen) atoms. The minimum absolute atomic E-state index is 0.0852. The van der Waals surface area contributed by atoms with Crippen LogP contribution in [0.2, 0.25) is 0 Å². The second kappa shape index (κ2) is 17.2. The van der Waals surface area contributed by atoms with E-state index in [9.17, 15) is 24.3 Å². The molecule has 1 aromatic rings. The van der Waals surface area contributed by atoms with Crippen molar-refractivity contribution in [3.63, 3.8) is 0 Å². The van der Waals surface area contributed by atoms with Crippen LogP contribution in [0.5, 0.6) is 0 Å². The lowest BCUT2D eigenvalue weighted by Gasteiger charge is -2.36. The fourth-order valence-corrected chi connectivity index (χ4v) is 6.91. The SMILES string of the molecule is CC(C)(C)C#Cc1cc(N(C=O)C2CCC(NC(=O)OC3CCCN(C(=O)OC(C)(C)C)C3)CC2)c(C(=O)O)s1.CC1CCCCC1. The van der Waals surface area contributed by atoms with E-state index in [0.29, 0.717) is 62.0 Å². The summed E-state index contributed by atoms with van der Waals surface area (Å²) in [6.45, 7) is 14.6. The first-order chi connectivity index (χ1) is 22.0. The van der Waals surface area contributed by atoms with E-state index in [-0.39, 0.29) is 28.9 Å². The molecule has 2 N–H and O–H groups in total. The number of carbonyl (C=O) groups excluding carboxylic acids is 3. The van der Waals surface area contributed by atoms with Crippen LogP contribution in [0.3, 0.4) is 0 Å². The summed E-state index contributed by atoms with van der Waals surface area (Å²) in [7, 11) is 0. The van der Waals surface area contributed by atoms with E-state index in [1.54, 1.807) is 11.0 Å². The standard InChI is InChI=1S/C29H41N3O7S.C7H14/c1-28(2,3)14-13-22-16-23(24(40-22)25(34)35)32(18-33)20-11-9-19(10-12-20)30-26(36)38-21-8-7-15-31(17-21)27(37)39-29(4,5)6;1-7-5-3-2-4-6-7/h16,18-21H,7-12,15,17H2,1-6H3,(H,30,36)(H,34,35);7H,2-6H2,1H3. The predicted molar refractivity (Wildman–Crippen MR) is 185 cm³/mol. The first-order valence-electron chi connectivity index (χ1n) is 17.1. The lowest BCUT2D eigenvalue weighted by atomic mass is 9.90. The summed E-state index contributed by atoms with van der Waals surface area (Å²) in [5.41, 5.74) is -0.478. The number of amides is 3. The molecule has 1 aromatic heterocycles. The second-order valence-corrected chi connectivity index (χ2v) is 16.2. The number of rotatable bonds is 6. The van der Waals surface area contributed by atoms with Gasteiger partial charge < -0.3 is 29.7 Å². The Labute approximate surface area is 284 Å². The number of thiophene rings is 1. The first kappa shape index (κ1) is 38.2. The maximum Gasteiger partial charge on any atom is 0.410 e. The summed E-state index contributed by atoms with van der Waals surface area (Å²) >= 11 is 1.07. The number of hydrogen-bond acceptors (Lipinski definition) is 7. The lowest BCUT2D eigenvalue weighted by Crippen LogP contribution is -2.48. The minimum Gasteiger partial charge on any atom is -0.477 e. The van der Waals surface area contributed by atoms with Crippen molar-refractivity contribution in [2.24, 2.45) is 11.3 Å². The van der Waals surface area contributed by atoms with E-state index < -0.39 is 29.9 Å². The molecule has 0 radical (unpaired) electrons. The molecule has 1 atom stereocenters. The fourth-order valence-electron chi connectivity index (χ4n) is 6.06. The molecule has 262 valence electrons. The Morgan fingerprint density at radius 1 is 1.00 bits per heavy atom. The Morgan fingerprint density at radius 3 is 2.19 bits per heavy atom. The van der Waals surface area contributed by atoms with Crippen LogP contribution in [0, 0.1) is 23.2 Å². The zero-order chi connectivity index (χ0) is 34.8. The summed E-state index contributed by atoms with van der Waals surface area (Å²) in [6.07, 6.45) is 10.6. The Hall–Kier alpha value is -3.26. The number of piperidine rings is 1. The normalized spacial score (nSPS) is 22.0. The van der Waals surface area contributed by atoms with Crippen molar-refractivity contribution < 1.29 is 33.8 Å². The van der Waals surface area contributed by atoms with Gasteiger partial charge in [-0.15, -0.1) is 11.3 Å². The highest BCUT2D eigenvalue weighted by Gasteiger charge is 2.32. The van der Waals surface area contributed by atoms with Crippen LogP contribution >= 0.6 is 11.3 Å². The Bertz CT molecular complexity index is 1270. The van der Waals surface area contributed by atoms with Gasteiger partial charge in [0.05, 0.1) is 17.1 Å². The van der Waals surface area contributed by atoms with Gasteiger partial charge in [0.1, 0.15) is 16.6 Å². The molecular weight excluding hydrogens is 618 g/mol. The molecule has 4 rings (SSSR count). The van der Waals surface area contributed by atoms with Gasteiger partial charge in [0.2, 0.25) is 6.41 Å². The van der Waals surface area contributed by atoms with E-state index in [4.69, 9.17) is 9.47 Å². The zero-order valence-electron chi connectivity index (χ0n) is 29.4. The largest absolute Gasteiger partial charge is 0.477 e. The quantitative estimate of drug-likeness (QED) is 0.233. The number of nitrogens with one attached hydrogen (secondary N) is 1. The zero-order valence-corrected chi connectivity index (χ0v) is 30.2. The number of anilines is 1. The third kappa shape index (κ3) is 13.0. The number of likely N-dealkylation sites (tertiary alicyclic amines) is 1. The molecule has 11 heteroatoms. The van der Waals surface area contributed by atoms with Gasteiger partial charge in [-0.05, 0) is 92.1 Å². The van der Waals surface area contributed by atoms with Gasteiger partial charge in [-0.3, -0.25) is 4.79 Å². The minimum atomic E-state index is -1.10. The van der Waals surface area contributed by atoms with Crippen LogP contribution in [0.25, 0.3) is 0 Å². The number of carboxylic acid groups (broad SMARTS) is 1. The summed E-state index contributed by atoms with van der Waals surface area (Å²) in [6, 6.07) is 1.36. The van der Waals surface area contributed by atoms with Crippen molar-refractivity contribution in [1.82, 2.24) is 10.2 Å². The highest BCUT2D eigenvalue weighted by molar-refractivity contribution is 7.15. The fraction of sp³-hybridized carbons (Fsp3) is 0.722. The lowest BCUT2D eigenvalue weighted by molar-refractivity contribution is -0.108. The van der Waals surface area contributed by atoms with E-state index in [1.165, 1.54) is 37.0 Å². The van der Waals surface area contributed by atoms with Gasteiger partial charge in [0.25, 0.3) is 0 Å². The number of carbonyl (C=O) groups is 4. The maximum atomic E-state index is 12.6. The van der Waals surface area contributed by atoms with Gasteiger partial charge in [-0.25, -0.2) is 14.4 Å². The highest BCUT2D eigenvalue weighted by atomic mass is 32.1. The average molecular weight is 674 g/mol. The molecule has 1 unspecified atom stereocenters. The first-order valence-corrected chi connectivity index (χ1v) is 17.9. The van der Waals surface area contributed by atoms with Crippen LogP contribution < -0.4 is 10.2 Å². The molecule has 3 aliphatic rings. The van der Waals surface area contributed by atoms with Gasteiger partial charge in [-0.2, -0.15) is 0 Å². The Balaban J connectivity index is 0.000000756. The molecule has 3 fully saturated rings. The molecule has 0 aromatic carbocycles. The molecule has 3 amide bonds. The second-order valence-electron chi connectivity index (χ2n) is 15.1. The molecule has 10 nitrogen and oxygen atoms in total. The van der Waals surface area contributed by atoms with Gasteiger partial charge in [0.15, 0.2) is 0 Å². The number of aromatic carboxylic acids is 1. The van der Waals surface area contributed by atoms with Gasteiger partial charge in [-0.1, -0.05) is 50.9 Å². The van der Waals surface area contributed by atoms with Crippen molar-refractivity contribution in [2.75, 3.05) is 18.0 Å². The molecular formula is C36H55N3O7S. The van der Waals surface area contributed by atoms with Crippen LogP contribution in [0.15, 0.2) is 6.07 Å². The highest BCUT2D eigenvalue weighted by Crippen LogP contribution is 2.34. The summed E-state index contributed by atoms with van der Waals surface area (Å²) in [5.74, 6) is 6.08. The average Bonchev–Trinajstić information content (AvgIpc) is 3.41. The van der Waals surface area contributed by atoms with Crippen molar-refractivity contribution in [3.8, 4) is 11.8 Å². The van der Waals surface area contributed by atoms with Gasteiger partial charge in [0, 0.05) is 24.0 Å². The van der Waals surface area contributed by atoms with Gasteiger partial charge >= 0.3 is 18.2 Å². The monoisotopic (exact) mass is 673 g/mol. The molecule has 1 aliphatic heterocycles. The van der Waals surface area contributed by atoms with E-state index in [1.807, 2.05) is 41.5 Å². The van der Waals surface area contributed by atoms with Crippen LogP contribution in [0.1, 0.15) is 134 Å². The number of ether oxygens (including phenoxy) is 2. The van der Waals surface area contributed by atoms with Crippen LogP contribution in [-0.4, -0.2) is 71.5 Å². The summed E-state index contributed by atoms with van der Waals surface area (Å²) in [5, 5.41) is 12.7. The molecule has 0 bridgehead atoms. The molecule has 2 saturated carbocycles. The predicted octanol–water partition coefficient (Wildman–Crippen LogP) is 7.83. The smallest absolute Gasteiger partial charge is 0.410 e. The molecule has 2 aliphatic carbocycles. The van der Waals surface area contributed by atoms with Crippen molar-refractivity contribution in [3.05, 3.63) is 15.8 Å². The van der Waals surface area contributed by atoms with E-state index in [2.05, 4.69) is 24.1 Å².